The van der Waals surface area contributed by atoms with E-state index in [1.165, 1.54) is 23.4 Å². The van der Waals surface area contributed by atoms with Crippen LogP contribution in [0.5, 0.6) is 11.5 Å². The first-order valence-electron chi connectivity index (χ1n) is 20.9. The number of rotatable bonds is 8. The van der Waals surface area contributed by atoms with E-state index < -0.39 is 17.6 Å². The predicted molar refractivity (Wildman–Crippen MR) is 227 cm³/mol. The van der Waals surface area contributed by atoms with Crippen molar-refractivity contribution in [1.82, 2.24) is 34.6 Å². The number of morpholine rings is 1. The standard InChI is InChI=1S/C45H47F3N10O5/c1-26(2)34-17-35(39(60)18-38(34)59)43(62)57-22-28-4-3-27(13-30(28)23-57)21-54-5-7-55(8-6-54)33-15-29(14-32(16-33)45(46,47)48)42(61)58-24-36-37(25-58)52-40(31-19-50-44(49)51-20-31)53-41(36)56-9-11-63-12-10-56/h3-4,13-20,26,59-60H,5-12,21-25H2,1-2H3,(H2,49,50,51). The van der Waals surface area contributed by atoms with Crippen molar-refractivity contribution in [2.45, 2.75) is 58.7 Å². The molecule has 0 saturated carbocycles. The highest BCUT2D eigenvalue weighted by atomic mass is 19.4. The van der Waals surface area contributed by atoms with Crippen molar-refractivity contribution in [3.8, 4) is 22.9 Å². The maximum Gasteiger partial charge on any atom is 0.416 e. The number of hydrogen-bond acceptors (Lipinski definition) is 13. The van der Waals surface area contributed by atoms with Crippen molar-refractivity contribution in [3.05, 3.63) is 111 Å². The predicted octanol–water partition coefficient (Wildman–Crippen LogP) is 5.54. The number of phenols is 2. The van der Waals surface area contributed by atoms with Gasteiger partial charge in [-0.3, -0.25) is 14.5 Å². The molecule has 0 atom stereocenters. The van der Waals surface area contributed by atoms with Crippen LogP contribution < -0.4 is 15.5 Å². The van der Waals surface area contributed by atoms with Crippen LogP contribution in [0.2, 0.25) is 0 Å². The lowest BCUT2D eigenvalue weighted by Crippen LogP contribution is -2.46. The molecule has 0 aliphatic carbocycles. The second-order valence-electron chi connectivity index (χ2n) is 16.8. The van der Waals surface area contributed by atoms with Gasteiger partial charge in [-0.05, 0) is 52.4 Å². The first-order valence-corrected chi connectivity index (χ1v) is 20.9. The number of aromatic hydroxyl groups is 2. The van der Waals surface area contributed by atoms with E-state index in [9.17, 15) is 33.0 Å². The Morgan fingerprint density at radius 3 is 2.22 bits per heavy atom. The van der Waals surface area contributed by atoms with Gasteiger partial charge in [-0.25, -0.2) is 19.9 Å². The fraction of sp³-hybridized carbons (Fsp3) is 0.378. The number of nitrogens with two attached hydrogens (primary N) is 1. The topological polar surface area (TPSA) is 178 Å². The summed E-state index contributed by atoms with van der Waals surface area (Å²) in [4.78, 5) is 54.9. The minimum Gasteiger partial charge on any atom is -0.508 e. The van der Waals surface area contributed by atoms with Crippen molar-refractivity contribution < 1.29 is 37.7 Å². The molecule has 4 N–H and O–H groups in total. The Balaban J connectivity index is 0.879. The number of fused-ring (bicyclic) bond motifs is 2. The molecule has 0 bridgehead atoms. The zero-order valence-corrected chi connectivity index (χ0v) is 34.9. The Morgan fingerprint density at radius 1 is 0.794 bits per heavy atom. The lowest BCUT2D eigenvalue weighted by molar-refractivity contribution is -0.137. The Bertz CT molecular complexity index is 2580. The maximum absolute atomic E-state index is 14.4. The normalized spacial score (nSPS) is 16.8. The summed E-state index contributed by atoms with van der Waals surface area (Å²) in [6.45, 7) is 9.56. The SMILES string of the molecule is CC(C)c1cc(C(=O)N2Cc3ccc(CN4CCN(c5cc(C(=O)N6Cc7nc(-c8cnc(N)nc8)nc(N8CCOCC8)c7C6)cc(C(F)(F)F)c5)CC4)cc3C2)c(O)cc1O. The molecule has 0 spiro atoms. The van der Waals surface area contributed by atoms with Gasteiger partial charge in [-0.2, -0.15) is 13.2 Å². The van der Waals surface area contributed by atoms with Crippen LogP contribution in [0.1, 0.15) is 79.6 Å². The molecule has 2 amide bonds. The van der Waals surface area contributed by atoms with Crippen LogP contribution in [0.4, 0.5) is 30.6 Å². The van der Waals surface area contributed by atoms with Crippen LogP contribution in [0.15, 0.2) is 60.9 Å². The minimum absolute atomic E-state index is 0.0387. The quantitative estimate of drug-likeness (QED) is 0.177. The molecule has 6 heterocycles. The van der Waals surface area contributed by atoms with Crippen LogP contribution in [-0.2, 0) is 43.6 Å². The summed E-state index contributed by atoms with van der Waals surface area (Å²) >= 11 is 0. The zero-order valence-electron chi connectivity index (χ0n) is 34.9. The Labute approximate surface area is 361 Å². The molecule has 2 saturated heterocycles. The molecule has 3 aromatic carbocycles. The summed E-state index contributed by atoms with van der Waals surface area (Å²) in [6.07, 6.45) is -1.63. The van der Waals surface area contributed by atoms with Gasteiger partial charge in [0, 0.05) is 94.2 Å². The molecular formula is C45H47F3N10O5. The molecule has 15 nitrogen and oxygen atoms in total. The Morgan fingerprint density at radius 2 is 1.51 bits per heavy atom. The summed E-state index contributed by atoms with van der Waals surface area (Å²) in [5.41, 5.74) is 10.7. The van der Waals surface area contributed by atoms with Gasteiger partial charge in [-0.15, -0.1) is 0 Å². The van der Waals surface area contributed by atoms with Gasteiger partial charge in [0.1, 0.15) is 17.3 Å². The number of phenolic OH excluding ortho intramolecular Hbond substituents is 2. The van der Waals surface area contributed by atoms with Gasteiger partial charge in [0.25, 0.3) is 11.8 Å². The number of carbonyl (C=O) groups is 2. The molecule has 9 rings (SSSR count). The maximum atomic E-state index is 14.4. The number of carbonyl (C=O) groups excluding carboxylic acids is 2. The zero-order chi connectivity index (χ0) is 44.2. The highest BCUT2D eigenvalue weighted by Crippen LogP contribution is 2.38. The molecule has 0 unspecified atom stereocenters. The Kier molecular flexibility index (Phi) is 11.0. The summed E-state index contributed by atoms with van der Waals surface area (Å²) in [5, 5.41) is 20.8. The van der Waals surface area contributed by atoms with Crippen LogP contribution in [0.3, 0.4) is 0 Å². The molecular weight excluding hydrogens is 818 g/mol. The van der Waals surface area contributed by atoms with Gasteiger partial charge in [0.05, 0.1) is 48.7 Å². The largest absolute Gasteiger partial charge is 0.508 e. The number of anilines is 3. The van der Waals surface area contributed by atoms with Gasteiger partial charge in [0.2, 0.25) is 5.95 Å². The number of nitrogens with zero attached hydrogens (tertiary/aromatic N) is 9. The lowest BCUT2D eigenvalue weighted by atomic mass is 9.98. The summed E-state index contributed by atoms with van der Waals surface area (Å²) in [7, 11) is 0. The molecule has 4 aliphatic heterocycles. The molecule has 18 heteroatoms. The average molecular weight is 865 g/mol. The second kappa shape index (κ2) is 16.6. The summed E-state index contributed by atoms with van der Waals surface area (Å²) in [6, 6.07) is 12.5. The van der Waals surface area contributed by atoms with Gasteiger partial charge in [0.15, 0.2) is 5.82 Å². The van der Waals surface area contributed by atoms with Gasteiger partial charge in [-0.1, -0.05) is 32.0 Å². The first-order chi connectivity index (χ1) is 30.2. The van der Waals surface area contributed by atoms with E-state index in [1.54, 1.807) is 17.0 Å². The fourth-order valence-corrected chi connectivity index (χ4v) is 8.77. The number of aromatic nitrogens is 4. The summed E-state index contributed by atoms with van der Waals surface area (Å²) < 4.78 is 48.9. The number of alkyl halides is 3. The van der Waals surface area contributed by atoms with E-state index in [-0.39, 0.29) is 53.5 Å². The van der Waals surface area contributed by atoms with Crippen molar-refractivity contribution in [3.63, 3.8) is 0 Å². The van der Waals surface area contributed by atoms with Crippen LogP contribution in [0.25, 0.3) is 11.4 Å². The highest BCUT2D eigenvalue weighted by Gasteiger charge is 2.36. The smallest absolute Gasteiger partial charge is 0.416 e. The molecule has 5 aromatic rings. The molecule has 4 aliphatic rings. The monoisotopic (exact) mass is 864 g/mol. The second-order valence-corrected chi connectivity index (χ2v) is 16.8. The molecule has 0 radical (unpaired) electrons. The van der Waals surface area contributed by atoms with Crippen molar-refractivity contribution in [1.29, 1.82) is 0 Å². The van der Waals surface area contributed by atoms with Crippen LogP contribution in [-0.4, -0.2) is 109 Å². The van der Waals surface area contributed by atoms with E-state index in [0.29, 0.717) is 106 Å². The van der Waals surface area contributed by atoms with Gasteiger partial charge < -0.3 is 40.3 Å². The number of amides is 2. The third-order valence-electron chi connectivity index (χ3n) is 12.2. The third kappa shape index (κ3) is 8.52. The van der Waals surface area contributed by atoms with Crippen molar-refractivity contribution in [2.24, 2.45) is 0 Å². The van der Waals surface area contributed by atoms with Crippen LogP contribution in [0, 0.1) is 0 Å². The van der Waals surface area contributed by atoms with Gasteiger partial charge >= 0.3 is 6.18 Å². The number of hydrogen-bond donors (Lipinski definition) is 3. The number of ether oxygens (including phenoxy) is 1. The summed E-state index contributed by atoms with van der Waals surface area (Å²) in [5.74, 6) is -0.123. The molecule has 328 valence electrons. The number of halogens is 3. The number of nitrogen functional groups attached to an aromatic ring is 1. The highest BCUT2D eigenvalue weighted by molar-refractivity contribution is 5.98. The lowest BCUT2D eigenvalue weighted by Gasteiger charge is -2.36. The van der Waals surface area contributed by atoms with E-state index in [1.807, 2.05) is 30.9 Å². The number of benzene rings is 3. The fourth-order valence-electron chi connectivity index (χ4n) is 8.77. The average Bonchev–Trinajstić information content (AvgIpc) is 3.91. The molecule has 2 aromatic heterocycles. The third-order valence-corrected chi connectivity index (χ3v) is 12.2. The number of piperazine rings is 1. The van der Waals surface area contributed by atoms with Crippen molar-refractivity contribution in [2.75, 3.05) is 68.0 Å². The molecule has 2 fully saturated rings. The van der Waals surface area contributed by atoms with E-state index >= 15 is 0 Å². The minimum atomic E-state index is -4.68. The van der Waals surface area contributed by atoms with E-state index in [4.69, 9.17) is 20.4 Å². The van der Waals surface area contributed by atoms with Crippen LogP contribution >= 0.6 is 0 Å². The van der Waals surface area contributed by atoms with Crippen molar-refractivity contribution >= 4 is 29.3 Å². The Hall–Kier alpha value is -6.53. The van der Waals surface area contributed by atoms with E-state index in [0.717, 1.165) is 34.4 Å². The first kappa shape index (κ1) is 41.8. The van der Waals surface area contributed by atoms with E-state index in [2.05, 4.69) is 25.8 Å². The molecule has 63 heavy (non-hydrogen) atoms.